The van der Waals surface area contributed by atoms with E-state index in [9.17, 15) is 56.7 Å². The molecule has 306 valence electrons. The molecule has 0 fully saturated rings. The molecule has 0 spiro atoms. The summed E-state index contributed by atoms with van der Waals surface area (Å²) in [5.74, 6) is -0.924. The van der Waals surface area contributed by atoms with Crippen LogP contribution in [0.2, 0.25) is 0 Å². The number of benzene rings is 6. The zero-order chi connectivity index (χ0) is 43.4. The number of azo groups is 2. The second-order valence-electron chi connectivity index (χ2n) is 12.6. The maximum Gasteiger partial charge on any atom is 1.00 e. The zero-order valence-corrected chi connectivity index (χ0v) is 44.9. The minimum absolute atomic E-state index is 0. The Hall–Kier alpha value is -2.64. The summed E-state index contributed by atoms with van der Waals surface area (Å²) >= 11 is 0. The minimum Gasteiger partial charge on any atom is -0.744 e. The quantitative estimate of drug-likeness (QED) is 0.0424. The van der Waals surface area contributed by atoms with Gasteiger partial charge in [0.25, 0.3) is 0 Å². The van der Waals surface area contributed by atoms with Crippen molar-refractivity contribution in [2.24, 2.45) is 25.6 Å². The Morgan fingerprint density at radius 1 is 0.500 bits per heavy atom. The molecule has 0 amide bonds. The van der Waals surface area contributed by atoms with Crippen LogP contribution in [0.25, 0.3) is 27.6 Å². The fourth-order valence-corrected chi connectivity index (χ4v) is 8.12. The van der Waals surface area contributed by atoms with Gasteiger partial charge in [-0.3, -0.25) is 10.2 Å². The van der Waals surface area contributed by atoms with Crippen LogP contribution in [0.3, 0.4) is 0 Å². The summed E-state index contributed by atoms with van der Waals surface area (Å²) < 4.78 is 143. The number of allylic oxidation sites excluding steroid dienone is 1. The van der Waals surface area contributed by atoms with Crippen LogP contribution in [0.5, 0.6) is 0 Å². The van der Waals surface area contributed by atoms with Crippen molar-refractivity contribution in [3.63, 3.8) is 0 Å². The molecular formula is C36H21N7Na4O13S4. The summed E-state index contributed by atoms with van der Waals surface area (Å²) in [7, 11) is -20.1. The van der Waals surface area contributed by atoms with E-state index in [-0.39, 0.29) is 185 Å². The number of nitrogens with zero attached hydrogens (tertiary/aromatic N) is 5. The number of hydrogen-bond donors (Lipinski definition) is 2. The van der Waals surface area contributed by atoms with Crippen molar-refractivity contribution in [1.29, 1.82) is 0 Å². The van der Waals surface area contributed by atoms with E-state index in [0.29, 0.717) is 0 Å². The van der Waals surface area contributed by atoms with E-state index in [1.807, 2.05) is 0 Å². The Morgan fingerprint density at radius 2 is 1.00 bits per heavy atom. The summed E-state index contributed by atoms with van der Waals surface area (Å²) in [5.41, 5.74) is 7.74. The van der Waals surface area contributed by atoms with E-state index in [2.05, 4.69) is 31.0 Å². The molecule has 1 aliphatic rings. The molecule has 0 saturated carbocycles. The fourth-order valence-electron chi connectivity index (χ4n) is 5.97. The van der Waals surface area contributed by atoms with Gasteiger partial charge in [-0.15, -0.1) is 15.3 Å². The Kier molecular flexibility index (Phi) is 18.7. The standard InChI is InChI=1S/C36H25N7O13S4.4Na/c37-20-4-7-25-19(14-20)15-34(60(54,55)56)35(36(25)44)43-42-31-11-13-33(29-18-24(59(51,52)53)6-9-27(29)31)41-40-30-10-12-32(28-17-23(58(48,49)50)5-8-26(28)30)39-38-21-2-1-3-22(16-21)57(45,46)47;;;;/h1-18,42H,37H2,(H,45,46,47)(H,48,49,50)(H,51,52,53)(H,54,55,56);;;;/q;4*+1/p-4/b39-38?,41-40?,43-35-;;;;. The molecular weight excluding hydrogens is 959 g/mol. The predicted molar refractivity (Wildman–Crippen MR) is 210 cm³/mol. The first-order valence-electron chi connectivity index (χ1n) is 16.5. The number of nitrogens with two attached hydrogens (primary N) is 1. The van der Waals surface area contributed by atoms with Gasteiger partial charge >= 0.3 is 118 Å². The van der Waals surface area contributed by atoms with Crippen molar-refractivity contribution in [2.75, 3.05) is 11.2 Å². The largest absolute Gasteiger partial charge is 1.00 e. The topological polar surface area (TPSA) is 346 Å². The third kappa shape index (κ3) is 12.5. The number of carbonyl (C=O) groups excluding carboxylic acids is 1. The van der Waals surface area contributed by atoms with Gasteiger partial charge < -0.3 is 23.9 Å². The number of ketones is 1. The van der Waals surface area contributed by atoms with Crippen LogP contribution >= 0.6 is 0 Å². The van der Waals surface area contributed by atoms with Crippen LogP contribution in [0.4, 0.5) is 34.1 Å². The molecule has 1 aliphatic carbocycles. The molecule has 0 saturated heterocycles. The third-order valence-electron chi connectivity index (χ3n) is 8.74. The maximum absolute atomic E-state index is 13.4. The fraction of sp³-hybridized carbons (Fsp3) is 0. The molecule has 0 bridgehead atoms. The average Bonchev–Trinajstić information content (AvgIpc) is 3.17. The van der Waals surface area contributed by atoms with Crippen molar-refractivity contribution < 1.29 is 175 Å². The van der Waals surface area contributed by atoms with Crippen molar-refractivity contribution >= 4 is 114 Å². The molecule has 6 aromatic carbocycles. The minimum atomic E-state index is -5.26. The van der Waals surface area contributed by atoms with Crippen LogP contribution in [0.15, 0.2) is 148 Å². The molecule has 0 atom stereocenters. The van der Waals surface area contributed by atoms with Gasteiger partial charge in [0.1, 0.15) is 46.2 Å². The molecule has 6 aromatic rings. The molecule has 0 heterocycles. The second kappa shape index (κ2) is 21.5. The molecule has 0 aliphatic heterocycles. The van der Waals surface area contributed by atoms with Crippen molar-refractivity contribution in [3.8, 4) is 0 Å². The van der Waals surface area contributed by atoms with Gasteiger partial charge in [0.05, 0.1) is 48.0 Å². The van der Waals surface area contributed by atoms with Crippen molar-refractivity contribution in [2.45, 2.75) is 14.7 Å². The number of rotatable bonds is 10. The van der Waals surface area contributed by atoms with Crippen LogP contribution in [-0.2, 0) is 40.5 Å². The Labute approximate surface area is 453 Å². The predicted octanol–water partition coefficient (Wildman–Crippen LogP) is -6.32. The van der Waals surface area contributed by atoms with Gasteiger partial charge in [-0.1, -0.05) is 18.2 Å². The third-order valence-corrected chi connectivity index (χ3v) is 12.1. The van der Waals surface area contributed by atoms with Gasteiger partial charge in [0.2, 0.25) is 5.78 Å². The molecule has 0 radical (unpaired) electrons. The summed E-state index contributed by atoms with van der Waals surface area (Å²) in [5, 5.41) is 20.7. The molecule has 7 rings (SSSR count). The molecule has 0 unspecified atom stereocenters. The first kappa shape index (κ1) is 55.7. The summed E-state index contributed by atoms with van der Waals surface area (Å²) in [4.78, 5) is 10.5. The maximum atomic E-state index is 13.4. The summed E-state index contributed by atoms with van der Waals surface area (Å²) in [6, 6.07) is 20.3. The van der Waals surface area contributed by atoms with Gasteiger partial charge in [-0.2, -0.15) is 10.2 Å². The SMILES string of the molecule is Nc1ccc2c(c1)C=C(S(=O)(=O)[O-])/C(=N/Nc1ccc(N=Nc3ccc(N=Nc4cccc(S(=O)(=O)[O-])c4)c4cc(S(=O)(=O)[O-])ccc34)c3cc(S(=O)(=O)[O-])ccc13)C2=O.[Na+].[Na+].[Na+].[Na+]. The van der Waals surface area contributed by atoms with Crippen molar-refractivity contribution in [1.82, 2.24) is 0 Å². The number of anilines is 2. The van der Waals surface area contributed by atoms with E-state index in [0.717, 1.165) is 42.5 Å². The summed E-state index contributed by atoms with van der Waals surface area (Å²) in [6.07, 6.45) is 0.950. The number of nitrogen functional groups attached to an aromatic ring is 1. The Balaban J connectivity index is 0.00000272. The number of hydrazone groups is 1. The van der Waals surface area contributed by atoms with Gasteiger partial charge in [-0.05, 0) is 96.6 Å². The summed E-state index contributed by atoms with van der Waals surface area (Å²) in [6.45, 7) is 0. The average molecular weight is 980 g/mol. The van der Waals surface area contributed by atoms with Crippen LogP contribution in [-0.4, -0.2) is 63.4 Å². The Morgan fingerprint density at radius 3 is 1.56 bits per heavy atom. The van der Waals surface area contributed by atoms with Crippen LogP contribution < -0.4 is 129 Å². The van der Waals surface area contributed by atoms with Crippen molar-refractivity contribution in [3.05, 3.63) is 119 Å². The van der Waals surface area contributed by atoms with E-state index >= 15 is 0 Å². The van der Waals surface area contributed by atoms with Crippen LogP contribution in [0.1, 0.15) is 15.9 Å². The number of Topliss-reactive ketones (excluding diaryl/α,β-unsaturated/α-hetero) is 1. The molecule has 64 heavy (non-hydrogen) atoms. The number of nitrogens with one attached hydrogen (secondary N) is 1. The molecule has 28 heteroatoms. The molecule has 0 aromatic heterocycles. The number of hydrogen-bond acceptors (Lipinski definition) is 20. The number of carbonyl (C=O) groups is 1. The monoisotopic (exact) mass is 979 g/mol. The van der Waals surface area contributed by atoms with E-state index in [4.69, 9.17) is 5.73 Å². The van der Waals surface area contributed by atoms with Gasteiger partial charge in [-0.25, -0.2) is 33.7 Å². The first-order chi connectivity index (χ1) is 28.1. The van der Waals surface area contributed by atoms with Crippen LogP contribution in [0, 0.1) is 0 Å². The van der Waals surface area contributed by atoms with Gasteiger partial charge in [0.15, 0.2) is 0 Å². The first-order valence-corrected chi connectivity index (χ1v) is 22.1. The smallest absolute Gasteiger partial charge is 0.744 e. The number of fused-ring (bicyclic) bond motifs is 3. The second-order valence-corrected chi connectivity index (χ2v) is 18.1. The van der Waals surface area contributed by atoms with E-state index < -0.39 is 71.6 Å². The van der Waals surface area contributed by atoms with E-state index in [1.165, 1.54) is 66.7 Å². The Bertz CT molecular complexity index is 3470. The zero-order valence-electron chi connectivity index (χ0n) is 33.6. The van der Waals surface area contributed by atoms with Gasteiger partial charge in [0, 0.05) is 32.8 Å². The van der Waals surface area contributed by atoms with E-state index in [1.54, 1.807) is 0 Å². The molecule has 20 nitrogen and oxygen atoms in total. The molecule has 3 N–H and O–H groups in total. The normalized spacial score (nSPS) is 13.7.